The van der Waals surface area contributed by atoms with Gasteiger partial charge in [-0.05, 0) is 29.7 Å². The summed E-state index contributed by atoms with van der Waals surface area (Å²) in [7, 11) is 0. The summed E-state index contributed by atoms with van der Waals surface area (Å²) in [5.41, 5.74) is 2.27. The molecule has 1 aromatic rings. The Morgan fingerprint density at radius 2 is 2.29 bits per heavy atom. The molecule has 0 radical (unpaired) electrons. The fourth-order valence-electron chi connectivity index (χ4n) is 2.83. The van der Waals surface area contributed by atoms with Crippen LogP contribution in [0.2, 0.25) is 0 Å². The molecule has 2 N–H and O–H groups in total. The summed E-state index contributed by atoms with van der Waals surface area (Å²) in [4.78, 5) is 14.2. The van der Waals surface area contributed by atoms with Crippen molar-refractivity contribution in [2.45, 2.75) is 25.5 Å². The summed E-state index contributed by atoms with van der Waals surface area (Å²) in [6.45, 7) is 3.62. The molecule has 6 heteroatoms. The highest BCUT2D eigenvalue weighted by Crippen LogP contribution is 2.23. The van der Waals surface area contributed by atoms with E-state index in [-0.39, 0.29) is 30.2 Å². The van der Waals surface area contributed by atoms with E-state index in [9.17, 15) is 9.90 Å². The number of phenols is 1. The number of hydrogen-bond acceptors (Lipinski definition) is 4. The molecule has 1 aromatic carbocycles. The first-order chi connectivity index (χ1) is 9.72. The Bertz CT molecular complexity index is 504. The largest absolute Gasteiger partial charge is 0.508 e. The van der Waals surface area contributed by atoms with Crippen molar-refractivity contribution in [3.63, 3.8) is 0 Å². The normalized spacial score (nSPS) is 21.3. The van der Waals surface area contributed by atoms with Gasteiger partial charge in [0, 0.05) is 26.2 Å². The second-order valence-electron chi connectivity index (χ2n) is 5.42. The van der Waals surface area contributed by atoms with Crippen molar-refractivity contribution in [3.05, 3.63) is 29.3 Å². The van der Waals surface area contributed by atoms with Gasteiger partial charge in [0.1, 0.15) is 5.75 Å². The van der Waals surface area contributed by atoms with E-state index < -0.39 is 0 Å². The first-order valence-electron chi connectivity index (χ1n) is 7.13. The lowest BCUT2D eigenvalue weighted by Gasteiger charge is -2.31. The molecular formula is C15H21ClN2O3. The maximum absolute atomic E-state index is 12.3. The number of rotatable bonds is 2. The van der Waals surface area contributed by atoms with Crippen LogP contribution in [0.4, 0.5) is 0 Å². The topological polar surface area (TPSA) is 61.8 Å². The summed E-state index contributed by atoms with van der Waals surface area (Å²) < 4.78 is 5.58. The van der Waals surface area contributed by atoms with E-state index >= 15 is 0 Å². The maximum atomic E-state index is 12.3. The van der Waals surface area contributed by atoms with Gasteiger partial charge in [0.15, 0.2) is 0 Å². The lowest BCUT2D eigenvalue weighted by Crippen LogP contribution is -2.43. The molecule has 2 aliphatic rings. The van der Waals surface area contributed by atoms with E-state index in [1.165, 1.54) is 5.56 Å². The van der Waals surface area contributed by atoms with Crippen molar-refractivity contribution >= 4 is 18.3 Å². The molecule has 2 heterocycles. The van der Waals surface area contributed by atoms with Gasteiger partial charge in [-0.1, -0.05) is 6.07 Å². The average molecular weight is 313 g/mol. The van der Waals surface area contributed by atoms with E-state index in [4.69, 9.17) is 4.74 Å². The van der Waals surface area contributed by atoms with Crippen LogP contribution in [0.3, 0.4) is 0 Å². The first kappa shape index (κ1) is 16.1. The minimum Gasteiger partial charge on any atom is -0.508 e. The van der Waals surface area contributed by atoms with Crippen molar-refractivity contribution in [2.75, 3.05) is 26.2 Å². The molecule has 1 unspecified atom stereocenters. The Hall–Kier alpha value is -1.30. The summed E-state index contributed by atoms with van der Waals surface area (Å²) in [5.74, 6) is 0.394. The number of halogens is 1. The van der Waals surface area contributed by atoms with Crippen LogP contribution in [0.15, 0.2) is 18.2 Å². The highest BCUT2D eigenvalue weighted by atomic mass is 35.5. The third kappa shape index (κ3) is 3.87. The Balaban J connectivity index is 0.00000161. The Morgan fingerprint density at radius 1 is 1.43 bits per heavy atom. The number of carbonyl (C=O) groups excluding carboxylic acids is 1. The Labute approximate surface area is 130 Å². The van der Waals surface area contributed by atoms with Gasteiger partial charge in [-0.3, -0.25) is 4.79 Å². The van der Waals surface area contributed by atoms with Gasteiger partial charge in [-0.15, -0.1) is 12.4 Å². The van der Waals surface area contributed by atoms with Gasteiger partial charge >= 0.3 is 0 Å². The van der Waals surface area contributed by atoms with Gasteiger partial charge in [0.25, 0.3) is 0 Å². The molecule has 3 rings (SSSR count). The van der Waals surface area contributed by atoms with E-state index in [1.807, 2.05) is 11.0 Å². The second-order valence-corrected chi connectivity index (χ2v) is 5.42. The van der Waals surface area contributed by atoms with E-state index in [1.54, 1.807) is 12.1 Å². The number of hydrogen-bond donors (Lipinski definition) is 2. The van der Waals surface area contributed by atoms with Gasteiger partial charge in [-0.25, -0.2) is 0 Å². The fraction of sp³-hybridized carbons (Fsp3) is 0.533. The predicted molar refractivity (Wildman–Crippen MR) is 81.7 cm³/mol. The van der Waals surface area contributed by atoms with Crippen LogP contribution < -0.4 is 5.32 Å². The molecule has 1 atom stereocenters. The summed E-state index contributed by atoms with van der Waals surface area (Å²) >= 11 is 0. The lowest BCUT2D eigenvalue weighted by molar-refractivity contribution is -0.135. The maximum Gasteiger partial charge on any atom is 0.225 e. The molecule has 0 spiro atoms. The smallest absolute Gasteiger partial charge is 0.225 e. The van der Waals surface area contributed by atoms with Crippen molar-refractivity contribution < 1.29 is 14.6 Å². The van der Waals surface area contributed by atoms with E-state index in [0.717, 1.165) is 31.6 Å². The number of phenolic OH excluding ortho intramolecular Hbond substituents is 1. The second kappa shape index (κ2) is 7.11. The van der Waals surface area contributed by atoms with E-state index in [0.29, 0.717) is 19.6 Å². The standard InChI is InChI=1S/C15H20N2O3.ClH/c18-13-2-1-11-3-5-17(10-12(11)7-13)15(19)8-14-9-16-4-6-20-14;/h1-2,7,14,16,18H,3-6,8-10H2;1H. The number of ether oxygens (including phenoxy) is 1. The zero-order valence-corrected chi connectivity index (χ0v) is 12.7. The molecule has 2 aliphatic heterocycles. The monoisotopic (exact) mass is 312 g/mol. The summed E-state index contributed by atoms with van der Waals surface area (Å²) in [5, 5.41) is 12.8. The van der Waals surface area contributed by atoms with Crippen LogP contribution in [0.1, 0.15) is 17.5 Å². The van der Waals surface area contributed by atoms with Crippen LogP contribution in [0, 0.1) is 0 Å². The highest BCUT2D eigenvalue weighted by molar-refractivity contribution is 5.85. The quantitative estimate of drug-likeness (QED) is 0.858. The molecule has 0 aliphatic carbocycles. The molecule has 21 heavy (non-hydrogen) atoms. The van der Waals surface area contributed by atoms with Crippen LogP contribution in [-0.2, 0) is 22.5 Å². The highest BCUT2D eigenvalue weighted by Gasteiger charge is 2.24. The van der Waals surface area contributed by atoms with Crippen LogP contribution >= 0.6 is 12.4 Å². The summed E-state index contributed by atoms with van der Waals surface area (Å²) in [6.07, 6.45) is 1.27. The fourth-order valence-corrected chi connectivity index (χ4v) is 2.83. The molecule has 0 saturated carbocycles. The third-order valence-electron chi connectivity index (χ3n) is 3.96. The van der Waals surface area contributed by atoms with Crippen molar-refractivity contribution in [1.29, 1.82) is 0 Å². The zero-order valence-electron chi connectivity index (χ0n) is 11.9. The van der Waals surface area contributed by atoms with Crippen molar-refractivity contribution in [1.82, 2.24) is 10.2 Å². The average Bonchev–Trinajstić information content (AvgIpc) is 2.47. The molecule has 0 bridgehead atoms. The number of nitrogens with one attached hydrogen (secondary N) is 1. The van der Waals surface area contributed by atoms with Gasteiger partial charge < -0.3 is 20.1 Å². The predicted octanol–water partition coefficient (Wildman–Crippen LogP) is 1.08. The number of carbonyl (C=O) groups is 1. The molecule has 116 valence electrons. The molecule has 5 nitrogen and oxygen atoms in total. The van der Waals surface area contributed by atoms with Crippen molar-refractivity contribution in [2.24, 2.45) is 0 Å². The number of nitrogens with zero attached hydrogens (tertiary/aromatic N) is 1. The number of amides is 1. The number of aromatic hydroxyl groups is 1. The minimum atomic E-state index is -0.0122. The number of fused-ring (bicyclic) bond motifs is 1. The van der Waals surface area contributed by atoms with Crippen LogP contribution in [-0.4, -0.2) is 48.3 Å². The lowest BCUT2D eigenvalue weighted by atomic mass is 9.99. The van der Waals surface area contributed by atoms with Gasteiger partial charge in [-0.2, -0.15) is 0 Å². The molecule has 1 saturated heterocycles. The third-order valence-corrected chi connectivity index (χ3v) is 3.96. The number of morpholine rings is 1. The van der Waals surface area contributed by atoms with Crippen LogP contribution in [0.5, 0.6) is 5.75 Å². The first-order valence-corrected chi connectivity index (χ1v) is 7.13. The Morgan fingerprint density at radius 3 is 3.05 bits per heavy atom. The van der Waals surface area contributed by atoms with Gasteiger partial charge in [0.2, 0.25) is 5.91 Å². The molecule has 0 aromatic heterocycles. The van der Waals surface area contributed by atoms with E-state index in [2.05, 4.69) is 5.32 Å². The summed E-state index contributed by atoms with van der Waals surface area (Å²) in [6, 6.07) is 5.41. The van der Waals surface area contributed by atoms with Crippen LogP contribution in [0.25, 0.3) is 0 Å². The minimum absolute atomic E-state index is 0. The van der Waals surface area contributed by atoms with Crippen molar-refractivity contribution in [3.8, 4) is 5.75 Å². The zero-order chi connectivity index (χ0) is 13.9. The molecule has 1 fully saturated rings. The van der Waals surface area contributed by atoms with Gasteiger partial charge in [0.05, 0.1) is 19.1 Å². The molecular weight excluding hydrogens is 292 g/mol. The Kier molecular flexibility index (Phi) is 5.45. The number of benzene rings is 1. The SMILES string of the molecule is Cl.O=C(CC1CNCCO1)N1CCc2ccc(O)cc2C1. The molecule has 1 amide bonds.